The smallest absolute Gasteiger partial charge is 0.287 e. The van der Waals surface area contributed by atoms with Crippen LogP contribution in [0, 0.1) is 11.8 Å². The molecule has 0 aliphatic carbocycles. The molecule has 19 heavy (non-hydrogen) atoms. The molecule has 4 heteroatoms. The van der Waals surface area contributed by atoms with Crippen LogP contribution >= 0.6 is 0 Å². The van der Waals surface area contributed by atoms with Crippen LogP contribution in [0.2, 0.25) is 0 Å². The fourth-order valence-corrected chi connectivity index (χ4v) is 3.36. The molecule has 1 N–H and O–H groups in total. The van der Waals surface area contributed by atoms with Crippen LogP contribution in [0.1, 0.15) is 23.4 Å². The standard InChI is InChI=1S/C15H20N2O2/c1-2-11-10-17-6-5-12(11)8-13(17)9-16-15(18)14-4-3-7-19-14/h2-4,7,11-13H,1,5-6,8-10H2,(H,16,18)/t11-,12+,13-/m1/s1. The van der Waals surface area contributed by atoms with E-state index < -0.39 is 0 Å². The van der Waals surface area contributed by atoms with E-state index in [1.807, 2.05) is 0 Å². The maximum absolute atomic E-state index is 11.8. The number of furan rings is 1. The maximum atomic E-state index is 11.8. The Bertz CT molecular complexity index is 455. The molecule has 0 radical (unpaired) electrons. The third-order valence-corrected chi connectivity index (χ3v) is 4.48. The van der Waals surface area contributed by atoms with E-state index in [9.17, 15) is 4.79 Å². The summed E-state index contributed by atoms with van der Waals surface area (Å²) >= 11 is 0. The molecule has 0 spiro atoms. The molecule has 2 bridgehead atoms. The van der Waals surface area contributed by atoms with Crippen LogP contribution in [-0.4, -0.2) is 36.5 Å². The van der Waals surface area contributed by atoms with Gasteiger partial charge in [0.1, 0.15) is 0 Å². The van der Waals surface area contributed by atoms with Gasteiger partial charge in [-0.3, -0.25) is 9.69 Å². The van der Waals surface area contributed by atoms with E-state index in [2.05, 4.69) is 22.9 Å². The van der Waals surface area contributed by atoms with Gasteiger partial charge in [-0.15, -0.1) is 6.58 Å². The molecule has 4 heterocycles. The van der Waals surface area contributed by atoms with Crippen molar-refractivity contribution >= 4 is 5.91 Å². The van der Waals surface area contributed by atoms with Gasteiger partial charge in [-0.2, -0.15) is 0 Å². The normalized spacial score (nSPS) is 33.1. The average molecular weight is 260 g/mol. The highest BCUT2D eigenvalue weighted by molar-refractivity contribution is 5.91. The molecule has 0 aromatic carbocycles. The number of piperidine rings is 3. The molecule has 4 atom stereocenters. The summed E-state index contributed by atoms with van der Waals surface area (Å²) in [6, 6.07) is 3.89. The number of hydrogen-bond acceptors (Lipinski definition) is 3. The van der Waals surface area contributed by atoms with Crippen molar-refractivity contribution in [2.75, 3.05) is 19.6 Å². The van der Waals surface area contributed by atoms with Gasteiger partial charge in [0.2, 0.25) is 0 Å². The molecule has 3 aliphatic rings. The third-order valence-electron chi connectivity index (χ3n) is 4.48. The first-order chi connectivity index (χ1) is 9.28. The summed E-state index contributed by atoms with van der Waals surface area (Å²) < 4.78 is 5.09. The van der Waals surface area contributed by atoms with Crippen molar-refractivity contribution in [3.05, 3.63) is 36.8 Å². The predicted octanol–water partition coefficient (Wildman–Crippen LogP) is 1.91. The Morgan fingerprint density at radius 2 is 2.53 bits per heavy atom. The van der Waals surface area contributed by atoms with Crippen molar-refractivity contribution in [1.82, 2.24) is 10.2 Å². The highest BCUT2D eigenvalue weighted by Gasteiger charge is 2.38. The minimum atomic E-state index is -0.118. The summed E-state index contributed by atoms with van der Waals surface area (Å²) in [4.78, 5) is 14.3. The summed E-state index contributed by atoms with van der Waals surface area (Å²) in [6.07, 6.45) is 6.04. The van der Waals surface area contributed by atoms with Crippen LogP contribution < -0.4 is 5.32 Å². The van der Waals surface area contributed by atoms with Gasteiger partial charge in [-0.05, 0) is 43.4 Å². The molecular weight excluding hydrogens is 240 g/mol. The van der Waals surface area contributed by atoms with Crippen LogP contribution in [0.4, 0.5) is 0 Å². The monoisotopic (exact) mass is 260 g/mol. The molecule has 3 aliphatic heterocycles. The first-order valence-electron chi connectivity index (χ1n) is 6.96. The lowest BCUT2D eigenvalue weighted by Crippen LogP contribution is -2.56. The molecule has 4 rings (SSSR count). The van der Waals surface area contributed by atoms with Crippen molar-refractivity contribution in [3.8, 4) is 0 Å². The van der Waals surface area contributed by atoms with Crippen molar-refractivity contribution < 1.29 is 9.21 Å². The van der Waals surface area contributed by atoms with E-state index in [-0.39, 0.29) is 5.91 Å². The summed E-state index contributed by atoms with van der Waals surface area (Å²) in [5, 5.41) is 2.97. The number of nitrogens with one attached hydrogen (secondary N) is 1. The number of nitrogens with zero attached hydrogens (tertiary/aromatic N) is 1. The molecule has 0 saturated carbocycles. The highest BCUT2D eigenvalue weighted by atomic mass is 16.3. The Balaban J connectivity index is 1.54. The zero-order valence-corrected chi connectivity index (χ0v) is 11.0. The molecule has 102 valence electrons. The summed E-state index contributed by atoms with van der Waals surface area (Å²) in [5.74, 6) is 1.65. The first kappa shape index (κ1) is 12.5. The lowest BCUT2D eigenvalue weighted by molar-refractivity contribution is 0.0194. The molecule has 1 aromatic heterocycles. The molecule has 3 fully saturated rings. The van der Waals surface area contributed by atoms with Crippen molar-refractivity contribution in [2.45, 2.75) is 18.9 Å². The topological polar surface area (TPSA) is 45.5 Å². The van der Waals surface area contributed by atoms with Gasteiger partial charge in [-0.25, -0.2) is 0 Å². The lowest BCUT2D eigenvalue weighted by Gasteiger charge is -2.49. The number of amides is 1. The lowest BCUT2D eigenvalue weighted by atomic mass is 9.75. The largest absolute Gasteiger partial charge is 0.459 e. The number of rotatable bonds is 4. The van der Waals surface area contributed by atoms with Gasteiger partial charge in [0.15, 0.2) is 5.76 Å². The number of hydrogen-bond donors (Lipinski definition) is 1. The second-order valence-corrected chi connectivity index (χ2v) is 5.52. The fourth-order valence-electron chi connectivity index (χ4n) is 3.36. The van der Waals surface area contributed by atoms with Gasteiger partial charge in [0.25, 0.3) is 5.91 Å². The zero-order valence-electron chi connectivity index (χ0n) is 11.0. The minimum absolute atomic E-state index is 0.118. The van der Waals surface area contributed by atoms with Crippen LogP contribution in [-0.2, 0) is 0 Å². The van der Waals surface area contributed by atoms with Crippen molar-refractivity contribution in [1.29, 1.82) is 0 Å². The van der Waals surface area contributed by atoms with E-state index in [0.29, 0.717) is 24.3 Å². The number of carbonyl (C=O) groups excluding carboxylic acids is 1. The van der Waals surface area contributed by atoms with Gasteiger partial charge in [0, 0.05) is 19.1 Å². The Kier molecular flexibility index (Phi) is 3.42. The summed E-state index contributed by atoms with van der Waals surface area (Å²) in [7, 11) is 0. The van der Waals surface area contributed by atoms with Crippen molar-refractivity contribution in [2.24, 2.45) is 11.8 Å². The highest BCUT2D eigenvalue weighted by Crippen LogP contribution is 2.36. The van der Waals surface area contributed by atoms with Crippen LogP contribution in [0.15, 0.2) is 35.5 Å². The minimum Gasteiger partial charge on any atom is -0.459 e. The Morgan fingerprint density at radius 3 is 3.16 bits per heavy atom. The van der Waals surface area contributed by atoms with E-state index in [1.165, 1.54) is 12.7 Å². The quantitative estimate of drug-likeness (QED) is 0.841. The van der Waals surface area contributed by atoms with Crippen LogP contribution in [0.3, 0.4) is 0 Å². The van der Waals surface area contributed by atoms with Gasteiger partial charge in [0.05, 0.1) is 6.26 Å². The summed E-state index contributed by atoms with van der Waals surface area (Å²) in [6.45, 7) is 6.88. The number of fused-ring (bicyclic) bond motifs is 3. The van der Waals surface area contributed by atoms with Crippen LogP contribution in [0.25, 0.3) is 0 Å². The molecular formula is C15H20N2O2. The maximum Gasteiger partial charge on any atom is 0.287 e. The molecule has 1 unspecified atom stereocenters. The molecule has 4 nitrogen and oxygen atoms in total. The Morgan fingerprint density at radius 1 is 1.63 bits per heavy atom. The predicted molar refractivity (Wildman–Crippen MR) is 72.8 cm³/mol. The number of carbonyl (C=O) groups is 1. The molecule has 1 amide bonds. The van der Waals surface area contributed by atoms with E-state index in [0.717, 1.165) is 25.4 Å². The van der Waals surface area contributed by atoms with E-state index in [1.54, 1.807) is 12.1 Å². The SMILES string of the molecule is C=C[C@@H]1CN2CC[C@H]1C[C@@H]2CNC(=O)c1ccco1. The Labute approximate surface area is 113 Å². The molecule has 3 saturated heterocycles. The van der Waals surface area contributed by atoms with Gasteiger partial charge >= 0.3 is 0 Å². The van der Waals surface area contributed by atoms with E-state index in [4.69, 9.17) is 4.42 Å². The van der Waals surface area contributed by atoms with Crippen LogP contribution in [0.5, 0.6) is 0 Å². The van der Waals surface area contributed by atoms with E-state index >= 15 is 0 Å². The van der Waals surface area contributed by atoms with Gasteiger partial charge < -0.3 is 9.73 Å². The second-order valence-electron chi connectivity index (χ2n) is 5.52. The molecule has 1 aromatic rings. The fraction of sp³-hybridized carbons (Fsp3) is 0.533. The average Bonchev–Trinajstić information content (AvgIpc) is 2.99. The Hall–Kier alpha value is -1.55. The summed E-state index contributed by atoms with van der Waals surface area (Å²) in [5.41, 5.74) is 0. The first-order valence-corrected chi connectivity index (χ1v) is 6.96. The zero-order chi connectivity index (χ0) is 13.2. The van der Waals surface area contributed by atoms with Crippen molar-refractivity contribution in [3.63, 3.8) is 0 Å². The third kappa shape index (κ3) is 2.45. The van der Waals surface area contributed by atoms with Gasteiger partial charge in [-0.1, -0.05) is 6.08 Å². The second kappa shape index (κ2) is 5.21.